The number of hydrogen-bond acceptors (Lipinski definition) is 5. The summed E-state index contributed by atoms with van der Waals surface area (Å²) in [7, 11) is -2.20. The van der Waals surface area contributed by atoms with Gasteiger partial charge in [-0.1, -0.05) is 0 Å². The van der Waals surface area contributed by atoms with Crippen LogP contribution in [0.5, 0.6) is 0 Å². The SMILES string of the molecule is CCNc1cc(S(=O)(=O)N(C)C(C)(C)CO)ccn1. The van der Waals surface area contributed by atoms with Gasteiger partial charge in [-0.05, 0) is 26.8 Å². The molecule has 7 heteroatoms. The summed E-state index contributed by atoms with van der Waals surface area (Å²) in [5, 5.41) is 12.3. The molecule has 1 rings (SSSR count). The minimum Gasteiger partial charge on any atom is -0.394 e. The quantitative estimate of drug-likeness (QED) is 0.812. The lowest BCUT2D eigenvalue weighted by Crippen LogP contribution is -2.47. The molecule has 0 saturated carbocycles. The Morgan fingerprint density at radius 2 is 2.11 bits per heavy atom. The zero-order valence-corrected chi connectivity index (χ0v) is 12.5. The van der Waals surface area contributed by atoms with Crippen molar-refractivity contribution >= 4 is 15.8 Å². The average Bonchev–Trinajstić information content (AvgIpc) is 2.38. The fourth-order valence-electron chi connectivity index (χ4n) is 1.43. The summed E-state index contributed by atoms with van der Waals surface area (Å²) in [6, 6.07) is 2.93. The third kappa shape index (κ3) is 3.43. The van der Waals surface area contributed by atoms with Crippen LogP contribution in [0.3, 0.4) is 0 Å². The van der Waals surface area contributed by atoms with Gasteiger partial charge in [0.2, 0.25) is 10.0 Å². The number of aromatic nitrogens is 1. The number of aliphatic hydroxyl groups is 1. The zero-order valence-electron chi connectivity index (χ0n) is 11.7. The fraction of sp³-hybridized carbons (Fsp3) is 0.583. The molecular weight excluding hydrogens is 266 g/mol. The number of likely N-dealkylation sites (N-methyl/N-ethyl adjacent to an activating group) is 1. The van der Waals surface area contributed by atoms with E-state index in [1.807, 2.05) is 6.92 Å². The van der Waals surface area contributed by atoms with Gasteiger partial charge in [0.25, 0.3) is 0 Å². The van der Waals surface area contributed by atoms with Gasteiger partial charge in [-0.3, -0.25) is 0 Å². The topological polar surface area (TPSA) is 82.5 Å². The molecule has 1 heterocycles. The lowest BCUT2D eigenvalue weighted by molar-refractivity contribution is 0.138. The molecule has 2 N–H and O–H groups in total. The third-order valence-electron chi connectivity index (χ3n) is 2.99. The molecule has 0 radical (unpaired) electrons. The van der Waals surface area contributed by atoms with Gasteiger partial charge in [0.15, 0.2) is 0 Å². The summed E-state index contributed by atoms with van der Waals surface area (Å²) in [6.07, 6.45) is 1.45. The first-order valence-corrected chi connectivity index (χ1v) is 7.49. The fourth-order valence-corrected chi connectivity index (χ4v) is 2.95. The van der Waals surface area contributed by atoms with Gasteiger partial charge in [-0.25, -0.2) is 13.4 Å². The molecule has 1 aromatic rings. The third-order valence-corrected chi connectivity index (χ3v) is 5.05. The maximum atomic E-state index is 12.5. The van der Waals surface area contributed by atoms with E-state index in [0.29, 0.717) is 12.4 Å². The predicted molar refractivity (Wildman–Crippen MR) is 74.5 cm³/mol. The van der Waals surface area contributed by atoms with Gasteiger partial charge in [0.1, 0.15) is 5.82 Å². The molecule has 6 nitrogen and oxygen atoms in total. The highest BCUT2D eigenvalue weighted by atomic mass is 32.2. The molecule has 0 spiro atoms. The van der Waals surface area contributed by atoms with Crippen LogP contribution in [0, 0.1) is 0 Å². The molecule has 19 heavy (non-hydrogen) atoms. The summed E-state index contributed by atoms with van der Waals surface area (Å²) in [6.45, 7) is 5.64. The normalized spacial score (nSPS) is 12.7. The largest absolute Gasteiger partial charge is 0.394 e. The molecule has 0 aliphatic rings. The van der Waals surface area contributed by atoms with E-state index in [0.717, 1.165) is 0 Å². The zero-order chi connectivity index (χ0) is 14.7. The Labute approximate surface area is 114 Å². The van der Waals surface area contributed by atoms with Crippen LogP contribution in [0.2, 0.25) is 0 Å². The molecule has 0 aliphatic carbocycles. The van der Waals surface area contributed by atoms with Crippen LogP contribution in [0.1, 0.15) is 20.8 Å². The van der Waals surface area contributed by atoms with Crippen LogP contribution >= 0.6 is 0 Å². The van der Waals surface area contributed by atoms with E-state index in [4.69, 9.17) is 0 Å². The first-order valence-electron chi connectivity index (χ1n) is 6.05. The van der Waals surface area contributed by atoms with Gasteiger partial charge in [0.05, 0.1) is 17.0 Å². The van der Waals surface area contributed by atoms with Crippen molar-refractivity contribution in [3.63, 3.8) is 0 Å². The minimum atomic E-state index is -3.66. The molecule has 0 saturated heterocycles. The number of nitrogens with one attached hydrogen (secondary N) is 1. The molecular formula is C12H21N3O3S. The highest BCUT2D eigenvalue weighted by Crippen LogP contribution is 2.23. The van der Waals surface area contributed by atoms with Crippen LogP contribution < -0.4 is 5.32 Å². The van der Waals surface area contributed by atoms with Crippen LogP contribution in [0.15, 0.2) is 23.2 Å². The van der Waals surface area contributed by atoms with E-state index in [-0.39, 0.29) is 11.5 Å². The van der Waals surface area contributed by atoms with E-state index in [1.165, 1.54) is 29.7 Å². The first kappa shape index (κ1) is 15.9. The van der Waals surface area contributed by atoms with Crippen molar-refractivity contribution in [3.05, 3.63) is 18.3 Å². The van der Waals surface area contributed by atoms with Crippen LogP contribution in [-0.4, -0.2) is 48.6 Å². The average molecular weight is 287 g/mol. The van der Waals surface area contributed by atoms with Gasteiger partial charge < -0.3 is 10.4 Å². The van der Waals surface area contributed by atoms with Crippen LogP contribution in [0.25, 0.3) is 0 Å². The molecule has 1 aromatic heterocycles. The van der Waals surface area contributed by atoms with E-state index >= 15 is 0 Å². The molecule has 0 aliphatic heterocycles. The highest BCUT2D eigenvalue weighted by molar-refractivity contribution is 7.89. The Balaban J connectivity index is 3.17. The summed E-state index contributed by atoms with van der Waals surface area (Å²) in [5.74, 6) is 0.513. The Morgan fingerprint density at radius 1 is 1.47 bits per heavy atom. The molecule has 0 amide bonds. The Hall–Kier alpha value is -1.18. The van der Waals surface area contributed by atoms with Crippen molar-refractivity contribution < 1.29 is 13.5 Å². The predicted octanol–water partition coefficient (Wildman–Crippen LogP) is 0.905. The second-order valence-electron chi connectivity index (χ2n) is 4.85. The number of sulfonamides is 1. The number of anilines is 1. The molecule has 0 fully saturated rings. The van der Waals surface area contributed by atoms with E-state index < -0.39 is 15.6 Å². The van der Waals surface area contributed by atoms with Crippen molar-refractivity contribution in [3.8, 4) is 0 Å². The van der Waals surface area contributed by atoms with Crippen molar-refractivity contribution in [2.45, 2.75) is 31.2 Å². The van der Waals surface area contributed by atoms with E-state index in [1.54, 1.807) is 13.8 Å². The smallest absolute Gasteiger partial charge is 0.243 e. The summed E-state index contributed by atoms with van der Waals surface area (Å²) >= 11 is 0. The maximum Gasteiger partial charge on any atom is 0.243 e. The lowest BCUT2D eigenvalue weighted by Gasteiger charge is -2.32. The minimum absolute atomic E-state index is 0.155. The van der Waals surface area contributed by atoms with Crippen molar-refractivity contribution in [1.29, 1.82) is 0 Å². The van der Waals surface area contributed by atoms with Crippen molar-refractivity contribution in [2.24, 2.45) is 0 Å². The molecule has 0 aromatic carbocycles. The monoisotopic (exact) mass is 287 g/mol. The Morgan fingerprint density at radius 3 is 2.63 bits per heavy atom. The number of hydrogen-bond donors (Lipinski definition) is 2. The van der Waals surface area contributed by atoms with Crippen molar-refractivity contribution in [2.75, 3.05) is 25.5 Å². The number of pyridine rings is 1. The van der Waals surface area contributed by atoms with E-state index in [9.17, 15) is 13.5 Å². The van der Waals surface area contributed by atoms with Crippen LogP contribution in [-0.2, 0) is 10.0 Å². The molecule has 108 valence electrons. The molecule has 0 bridgehead atoms. The Bertz CT molecular complexity index is 529. The second kappa shape index (κ2) is 5.85. The van der Waals surface area contributed by atoms with Gasteiger partial charge in [0, 0.05) is 25.9 Å². The number of nitrogens with zero attached hydrogens (tertiary/aromatic N) is 2. The first-order chi connectivity index (χ1) is 8.75. The lowest BCUT2D eigenvalue weighted by atomic mass is 10.1. The standard InChI is InChI=1S/C12H21N3O3S/c1-5-13-11-8-10(6-7-14-11)19(17,18)15(4)12(2,3)9-16/h6-8,16H,5,9H2,1-4H3,(H,13,14). The number of aliphatic hydroxyl groups excluding tert-OH is 1. The van der Waals surface area contributed by atoms with Gasteiger partial charge >= 0.3 is 0 Å². The highest BCUT2D eigenvalue weighted by Gasteiger charge is 2.33. The molecule has 0 unspecified atom stereocenters. The maximum absolute atomic E-state index is 12.5. The van der Waals surface area contributed by atoms with E-state index in [2.05, 4.69) is 10.3 Å². The van der Waals surface area contributed by atoms with Crippen LogP contribution in [0.4, 0.5) is 5.82 Å². The molecule has 0 atom stereocenters. The second-order valence-corrected chi connectivity index (χ2v) is 6.82. The van der Waals surface area contributed by atoms with Crippen molar-refractivity contribution in [1.82, 2.24) is 9.29 Å². The summed E-state index contributed by atoms with van der Waals surface area (Å²) in [5.41, 5.74) is -0.861. The summed E-state index contributed by atoms with van der Waals surface area (Å²) < 4.78 is 26.1. The van der Waals surface area contributed by atoms with Gasteiger partial charge in [-0.2, -0.15) is 4.31 Å². The number of rotatable bonds is 6. The van der Waals surface area contributed by atoms with Gasteiger partial charge in [-0.15, -0.1) is 0 Å². The Kier molecular flexibility index (Phi) is 4.89. The summed E-state index contributed by atoms with van der Waals surface area (Å²) in [4.78, 5) is 4.20.